The van der Waals surface area contributed by atoms with Crippen LogP contribution in [0.15, 0.2) is 0 Å². The van der Waals surface area contributed by atoms with Crippen molar-refractivity contribution >= 4 is 23.2 Å². The van der Waals surface area contributed by atoms with Crippen LogP contribution in [0.25, 0.3) is 0 Å². The predicted octanol–water partition coefficient (Wildman–Crippen LogP) is -1.41. The van der Waals surface area contributed by atoms with E-state index in [9.17, 15) is 0 Å². The van der Waals surface area contributed by atoms with Gasteiger partial charge in [-0.2, -0.15) is 0 Å². The second-order valence-electron chi connectivity index (χ2n) is 0.506. The molecule has 0 aliphatic rings. The Morgan fingerprint density at radius 2 is 1.60 bits per heavy atom. The van der Waals surface area contributed by atoms with Crippen molar-refractivity contribution in [2.24, 2.45) is 0 Å². The molecule has 0 amide bonds. The Kier molecular flexibility index (Phi) is 5.57. The van der Waals surface area contributed by atoms with Gasteiger partial charge in [0, 0.05) is 0 Å². The maximum atomic E-state index is 7.99. The van der Waals surface area contributed by atoms with Crippen LogP contribution < -0.4 is 0 Å². The standard InChI is InChI=1S/2CH3O.Bi/c2*1-2;/h2*2H,1H2;/q;;+1. The Morgan fingerprint density at radius 1 is 1.20 bits per heavy atom. The van der Waals surface area contributed by atoms with E-state index in [2.05, 4.69) is 0 Å². The van der Waals surface area contributed by atoms with Gasteiger partial charge in [0.05, 0.1) is 0 Å². The molecule has 0 rings (SSSR count). The van der Waals surface area contributed by atoms with E-state index in [1.807, 2.05) is 0 Å². The molecule has 0 heterocycles. The van der Waals surface area contributed by atoms with Gasteiger partial charge in [0.2, 0.25) is 0 Å². The summed E-state index contributed by atoms with van der Waals surface area (Å²) in [6, 6.07) is 0. The third-order valence-corrected chi connectivity index (χ3v) is 1.75. The minimum atomic E-state index is -0.744. The van der Waals surface area contributed by atoms with Gasteiger partial charge in [-0.1, -0.05) is 0 Å². The van der Waals surface area contributed by atoms with Crippen LogP contribution in [0.3, 0.4) is 0 Å². The topological polar surface area (TPSA) is 40.5 Å². The number of aliphatic hydroxyl groups is 2. The summed E-state index contributed by atoms with van der Waals surface area (Å²) in [6.45, 7) is 0. The maximum absolute atomic E-state index is 7.99. The van der Waals surface area contributed by atoms with E-state index in [-0.39, 0.29) is 8.63 Å². The molecule has 0 aromatic rings. The molecule has 0 aliphatic heterocycles. The SMILES string of the molecule is O[CH2][Bi+][CH2]O. The Morgan fingerprint density at radius 3 is 1.60 bits per heavy atom. The van der Waals surface area contributed by atoms with Crippen LogP contribution in [-0.2, 0) is 0 Å². The predicted molar refractivity (Wildman–Crippen MR) is 19.9 cm³/mol. The van der Waals surface area contributed by atoms with Crippen molar-refractivity contribution in [3.63, 3.8) is 0 Å². The van der Waals surface area contributed by atoms with Gasteiger partial charge >= 0.3 is 42.1 Å². The zero-order valence-electron chi connectivity index (χ0n) is 2.76. The van der Waals surface area contributed by atoms with Crippen molar-refractivity contribution < 1.29 is 10.2 Å². The third kappa shape index (κ3) is 4.80. The van der Waals surface area contributed by atoms with Crippen LogP contribution in [0.5, 0.6) is 0 Å². The fourth-order valence-electron chi connectivity index (χ4n) is 0.0447. The minimum absolute atomic E-state index is 0.274. The second kappa shape index (κ2) is 4.80. The molecule has 0 saturated carbocycles. The Balaban J connectivity index is 2.19. The average Bonchev–Trinajstić information content (AvgIpc) is 1.41. The molecule has 0 spiro atoms. The monoisotopic (exact) mass is 271 g/mol. The van der Waals surface area contributed by atoms with Gasteiger partial charge in [0.15, 0.2) is 0 Å². The summed E-state index contributed by atoms with van der Waals surface area (Å²) in [5.74, 6) is 0. The molecule has 0 fully saturated rings. The fraction of sp³-hybridized carbons (Fsp3) is 1.00. The first-order valence-electron chi connectivity index (χ1n) is 1.26. The van der Waals surface area contributed by atoms with Crippen LogP contribution in [0, 0.1) is 0 Å². The molecule has 5 heavy (non-hydrogen) atoms. The van der Waals surface area contributed by atoms with E-state index in [4.69, 9.17) is 10.2 Å². The molecule has 30 valence electrons. The van der Waals surface area contributed by atoms with E-state index < -0.39 is 23.2 Å². The molecule has 2 nitrogen and oxygen atoms in total. The van der Waals surface area contributed by atoms with E-state index >= 15 is 0 Å². The van der Waals surface area contributed by atoms with Crippen LogP contribution in [0.1, 0.15) is 0 Å². The number of hydrogen-bond donors (Lipinski definition) is 2. The van der Waals surface area contributed by atoms with Crippen molar-refractivity contribution in [2.75, 3.05) is 8.63 Å². The van der Waals surface area contributed by atoms with E-state index in [0.717, 1.165) is 0 Å². The first kappa shape index (κ1) is 5.80. The average molecular weight is 271 g/mol. The summed E-state index contributed by atoms with van der Waals surface area (Å²) < 4.78 is 0.549. The van der Waals surface area contributed by atoms with Gasteiger partial charge < -0.3 is 0 Å². The van der Waals surface area contributed by atoms with Crippen molar-refractivity contribution in [1.29, 1.82) is 0 Å². The summed E-state index contributed by atoms with van der Waals surface area (Å²) in [5, 5.41) is 16.0. The Bertz CT molecular complexity index is 15.1. The zero-order valence-corrected chi connectivity index (χ0v) is 6.23. The molecular formula is C2H6BiO2+. The van der Waals surface area contributed by atoms with Crippen LogP contribution in [0.4, 0.5) is 0 Å². The first-order valence-corrected chi connectivity index (χ1v) is 6.18. The molecule has 0 aromatic carbocycles. The van der Waals surface area contributed by atoms with Crippen molar-refractivity contribution in [3.8, 4) is 0 Å². The number of rotatable bonds is 2. The molecule has 2 N–H and O–H groups in total. The van der Waals surface area contributed by atoms with Crippen molar-refractivity contribution in [2.45, 2.75) is 0 Å². The Labute approximate surface area is 42.4 Å². The van der Waals surface area contributed by atoms with Crippen LogP contribution in [0.2, 0.25) is 0 Å². The van der Waals surface area contributed by atoms with Gasteiger partial charge in [-0.05, 0) is 0 Å². The van der Waals surface area contributed by atoms with Gasteiger partial charge in [0.1, 0.15) is 0 Å². The van der Waals surface area contributed by atoms with Gasteiger partial charge in [-0.15, -0.1) is 0 Å². The number of hydrogen-bond acceptors (Lipinski definition) is 2. The molecule has 0 saturated heterocycles. The molecular weight excluding hydrogens is 265 g/mol. The second-order valence-corrected chi connectivity index (χ2v) is 4.44. The molecule has 0 aliphatic carbocycles. The number of aliphatic hydroxyl groups excluding tert-OH is 2. The molecule has 0 unspecified atom stereocenters. The summed E-state index contributed by atoms with van der Waals surface area (Å²) in [6.07, 6.45) is 0. The van der Waals surface area contributed by atoms with E-state index in [1.165, 1.54) is 0 Å². The normalized spacial score (nSPS) is 8.40. The van der Waals surface area contributed by atoms with Crippen molar-refractivity contribution in [1.82, 2.24) is 0 Å². The molecule has 0 aromatic heterocycles. The van der Waals surface area contributed by atoms with Gasteiger partial charge in [-0.25, -0.2) is 0 Å². The van der Waals surface area contributed by atoms with E-state index in [1.54, 1.807) is 0 Å². The zero-order chi connectivity index (χ0) is 4.12. The van der Waals surface area contributed by atoms with Crippen molar-refractivity contribution in [3.05, 3.63) is 0 Å². The van der Waals surface area contributed by atoms with Gasteiger partial charge in [-0.3, -0.25) is 0 Å². The molecule has 0 bridgehead atoms. The fourth-order valence-corrected chi connectivity index (χ4v) is 0.392. The van der Waals surface area contributed by atoms with Crippen LogP contribution >= 0.6 is 0 Å². The summed E-state index contributed by atoms with van der Waals surface area (Å²) in [5.41, 5.74) is 0. The molecule has 2 radical (unpaired) electrons. The van der Waals surface area contributed by atoms with E-state index in [0.29, 0.717) is 0 Å². The molecule has 0 atom stereocenters. The summed E-state index contributed by atoms with van der Waals surface area (Å²) >= 11 is -0.744. The first-order chi connectivity index (χ1) is 2.41. The van der Waals surface area contributed by atoms with Crippen LogP contribution in [-0.4, -0.2) is 42.1 Å². The quantitative estimate of drug-likeness (QED) is 0.606. The molecule has 3 heteroatoms. The third-order valence-electron chi connectivity index (χ3n) is 0.200. The Hall–Kier alpha value is 0.803. The van der Waals surface area contributed by atoms with Gasteiger partial charge in [0.25, 0.3) is 0 Å². The summed E-state index contributed by atoms with van der Waals surface area (Å²) in [4.78, 5) is 0. The summed E-state index contributed by atoms with van der Waals surface area (Å²) in [7, 11) is 0.